The molecular formula is C15H13BrN4OS. The Labute approximate surface area is 139 Å². The molecule has 7 heteroatoms. The molecular weight excluding hydrogens is 364 g/mol. The Balaban J connectivity index is 2.06. The standard InChI is InChI=1S/C15H13BrN4OS/c1-2-17-14(21)20-15-19-12-8-9(16)7-10(13(12)22-15)11-5-3-4-6-18-11/h3-8H,2H2,1H3,(H2,17,19,20,21). The first-order chi connectivity index (χ1) is 10.7. The van der Waals surface area contributed by atoms with Gasteiger partial charge in [0.1, 0.15) is 0 Å². The monoisotopic (exact) mass is 376 g/mol. The minimum absolute atomic E-state index is 0.250. The van der Waals surface area contributed by atoms with E-state index in [0.29, 0.717) is 11.7 Å². The third kappa shape index (κ3) is 3.10. The molecule has 22 heavy (non-hydrogen) atoms. The number of pyridine rings is 1. The van der Waals surface area contributed by atoms with Gasteiger partial charge in [-0.15, -0.1) is 0 Å². The van der Waals surface area contributed by atoms with Gasteiger partial charge >= 0.3 is 6.03 Å². The number of carbonyl (C=O) groups excluding carboxylic acids is 1. The van der Waals surface area contributed by atoms with Crippen molar-refractivity contribution in [1.29, 1.82) is 0 Å². The zero-order valence-electron chi connectivity index (χ0n) is 11.8. The minimum Gasteiger partial charge on any atom is -0.338 e. The summed E-state index contributed by atoms with van der Waals surface area (Å²) >= 11 is 4.94. The Hall–Kier alpha value is -1.99. The normalized spacial score (nSPS) is 10.6. The highest BCUT2D eigenvalue weighted by atomic mass is 79.9. The minimum atomic E-state index is -0.250. The van der Waals surface area contributed by atoms with Crippen molar-refractivity contribution in [2.75, 3.05) is 11.9 Å². The average Bonchev–Trinajstić information content (AvgIpc) is 2.89. The first kappa shape index (κ1) is 14.9. The fourth-order valence-corrected chi connectivity index (χ4v) is 3.48. The lowest BCUT2D eigenvalue weighted by Gasteiger charge is -2.02. The van der Waals surface area contributed by atoms with E-state index < -0.39 is 0 Å². The van der Waals surface area contributed by atoms with Gasteiger partial charge in [0.05, 0.1) is 15.9 Å². The van der Waals surface area contributed by atoms with E-state index in [1.54, 1.807) is 6.20 Å². The Kier molecular flexibility index (Phi) is 4.35. The lowest BCUT2D eigenvalue weighted by Crippen LogP contribution is -2.28. The number of hydrogen-bond donors (Lipinski definition) is 2. The first-order valence-corrected chi connectivity index (χ1v) is 8.34. The van der Waals surface area contributed by atoms with Gasteiger partial charge in [0.2, 0.25) is 0 Å². The summed E-state index contributed by atoms with van der Waals surface area (Å²) in [5, 5.41) is 6.01. The maximum absolute atomic E-state index is 11.6. The highest BCUT2D eigenvalue weighted by Gasteiger charge is 2.13. The van der Waals surface area contributed by atoms with Crippen molar-refractivity contribution in [3.05, 3.63) is 41.0 Å². The Morgan fingerprint density at radius 1 is 1.36 bits per heavy atom. The number of aromatic nitrogens is 2. The molecule has 0 aliphatic rings. The van der Waals surface area contributed by atoms with E-state index in [-0.39, 0.29) is 6.03 Å². The summed E-state index contributed by atoms with van der Waals surface area (Å²) in [7, 11) is 0. The first-order valence-electron chi connectivity index (χ1n) is 6.73. The molecule has 112 valence electrons. The Morgan fingerprint density at radius 3 is 2.95 bits per heavy atom. The highest BCUT2D eigenvalue weighted by Crippen LogP contribution is 2.36. The van der Waals surface area contributed by atoms with Crippen molar-refractivity contribution >= 4 is 48.6 Å². The summed E-state index contributed by atoms with van der Waals surface area (Å²) in [4.78, 5) is 20.5. The van der Waals surface area contributed by atoms with E-state index >= 15 is 0 Å². The van der Waals surface area contributed by atoms with E-state index in [2.05, 4.69) is 36.5 Å². The van der Waals surface area contributed by atoms with Gasteiger partial charge in [0, 0.05) is 22.8 Å². The number of hydrogen-bond acceptors (Lipinski definition) is 4. The molecule has 0 atom stereocenters. The van der Waals surface area contributed by atoms with Crippen LogP contribution in [-0.4, -0.2) is 22.5 Å². The van der Waals surface area contributed by atoms with Gasteiger partial charge in [0.25, 0.3) is 0 Å². The molecule has 2 amide bonds. The van der Waals surface area contributed by atoms with Crippen LogP contribution in [0.25, 0.3) is 21.5 Å². The van der Waals surface area contributed by atoms with Crippen molar-refractivity contribution in [1.82, 2.24) is 15.3 Å². The van der Waals surface area contributed by atoms with E-state index in [4.69, 9.17) is 0 Å². The maximum atomic E-state index is 11.6. The number of thiazole rings is 1. The Bertz CT molecular complexity index is 819. The van der Waals surface area contributed by atoms with Gasteiger partial charge < -0.3 is 5.32 Å². The van der Waals surface area contributed by atoms with Gasteiger partial charge in [0.15, 0.2) is 5.13 Å². The Morgan fingerprint density at radius 2 is 2.23 bits per heavy atom. The highest BCUT2D eigenvalue weighted by molar-refractivity contribution is 9.10. The summed E-state index contributed by atoms with van der Waals surface area (Å²) in [6, 6.07) is 9.48. The second-order valence-corrected chi connectivity index (χ2v) is 6.43. The van der Waals surface area contributed by atoms with Gasteiger partial charge in [-0.2, -0.15) is 0 Å². The molecule has 0 aliphatic heterocycles. The molecule has 0 saturated heterocycles. The van der Waals surface area contributed by atoms with Gasteiger partial charge in [-0.25, -0.2) is 9.78 Å². The molecule has 1 aromatic carbocycles. The van der Waals surface area contributed by atoms with Crippen molar-refractivity contribution in [3.8, 4) is 11.3 Å². The summed E-state index contributed by atoms with van der Waals surface area (Å²) in [6.45, 7) is 2.44. The molecule has 0 bridgehead atoms. The van der Waals surface area contributed by atoms with Gasteiger partial charge in [-0.3, -0.25) is 10.3 Å². The zero-order chi connectivity index (χ0) is 15.5. The molecule has 3 aromatic rings. The van der Waals surface area contributed by atoms with Crippen LogP contribution in [0.4, 0.5) is 9.93 Å². The number of halogens is 1. The smallest absolute Gasteiger partial charge is 0.321 e. The van der Waals surface area contributed by atoms with E-state index in [9.17, 15) is 4.79 Å². The molecule has 0 spiro atoms. The van der Waals surface area contributed by atoms with E-state index in [1.165, 1.54) is 11.3 Å². The summed E-state index contributed by atoms with van der Waals surface area (Å²) in [6.07, 6.45) is 1.76. The lowest BCUT2D eigenvalue weighted by atomic mass is 10.1. The van der Waals surface area contributed by atoms with Crippen LogP contribution in [0.2, 0.25) is 0 Å². The summed E-state index contributed by atoms with van der Waals surface area (Å²) in [5.74, 6) is 0. The van der Waals surface area contributed by atoms with Crippen LogP contribution >= 0.6 is 27.3 Å². The number of urea groups is 1. The number of benzene rings is 1. The van der Waals surface area contributed by atoms with Crippen LogP contribution in [0.15, 0.2) is 41.0 Å². The summed E-state index contributed by atoms with van der Waals surface area (Å²) in [5.41, 5.74) is 2.69. The summed E-state index contributed by atoms with van der Waals surface area (Å²) < 4.78 is 1.92. The number of carbonyl (C=O) groups is 1. The van der Waals surface area contributed by atoms with Crippen LogP contribution in [-0.2, 0) is 0 Å². The van der Waals surface area contributed by atoms with Crippen LogP contribution in [0, 0.1) is 0 Å². The SMILES string of the molecule is CCNC(=O)Nc1nc2cc(Br)cc(-c3ccccn3)c2s1. The largest absolute Gasteiger partial charge is 0.338 e. The average molecular weight is 377 g/mol. The van der Waals surface area contributed by atoms with E-state index in [0.717, 1.165) is 25.9 Å². The number of anilines is 1. The third-order valence-electron chi connectivity index (χ3n) is 2.95. The number of nitrogens with zero attached hydrogens (tertiary/aromatic N) is 2. The third-order valence-corrected chi connectivity index (χ3v) is 4.43. The second kappa shape index (κ2) is 6.41. The molecule has 3 rings (SSSR count). The number of nitrogens with one attached hydrogen (secondary N) is 2. The van der Waals surface area contributed by atoms with Crippen molar-refractivity contribution in [2.24, 2.45) is 0 Å². The van der Waals surface area contributed by atoms with Crippen molar-refractivity contribution in [2.45, 2.75) is 6.92 Å². The number of fused-ring (bicyclic) bond motifs is 1. The molecule has 2 aromatic heterocycles. The quantitative estimate of drug-likeness (QED) is 0.717. The molecule has 0 unspecified atom stereocenters. The predicted molar refractivity (Wildman–Crippen MR) is 93.2 cm³/mol. The predicted octanol–water partition coefficient (Wildman–Crippen LogP) is 4.26. The molecule has 0 fully saturated rings. The second-order valence-electron chi connectivity index (χ2n) is 4.52. The van der Waals surface area contributed by atoms with Crippen LogP contribution in [0.3, 0.4) is 0 Å². The van der Waals surface area contributed by atoms with Gasteiger partial charge in [-0.05, 0) is 31.2 Å². The van der Waals surface area contributed by atoms with Crippen LogP contribution in [0.5, 0.6) is 0 Å². The molecule has 5 nitrogen and oxygen atoms in total. The molecule has 2 N–H and O–H groups in total. The molecule has 0 saturated carbocycles. The number of rotatable bonds is 3. The molecule has 0 radical (unpaired) electrons. The van der Waals surface area contributed by atoms with Crippen LogP contribution in [0.1, 0.15) is 6.92 Å². The van der Waals surface area contributed by atoms with Crippen LogP contribution < -0.4 is 10.6 Å². The van der Waals surface area contributed by atoms with Crippen molar-refractivity contribution < 1.29 is 4.79 Å². The lowest BCUT2D eigenvalue weighted by molar-refractivity contribution is 0.252. The fourth-order valence-electron chi connectivity index (χ4n) is 2.07. The topological polar surface area (TPSA) is 66.9 Å². The molecule has 0 aliphatic carbocycles. The zero-order valence-corrected chi connectivity index (χ0v) is 14.2. The number of amides is 2. The van der Waals surface area contributed by atoms with E-state index in [1.807, 2.05) is 37.3 Å². The maximum Gasteiger partial charge on any atom is 0.321 e. The van der Waals surface area contributed by atoms with Crippen molar-refractivity contribution in [3.63, 3.8) is 0 Å². The van der Waals surface area contributed by atoms with Gasteiger partial charge in [-0.1, -0.05) is 33.3 Å². The fraction of sp³-hybridized carbons (Fsp3) is 0.133. The molecule has 2 heterocycles.